The lowest BCUT2D eigenvalue weighted by molar-refractivity contribution is -0.139. The number of amides is 8. The standard InChI is InChI=1S/C39H63N7O11/c1-5-7-29-26-34(49)46(38(29)52)17-13-32(47)41-16-19-55-21-23-57-25-24-56-22-20-54-18-14-33(48)45-35(27(2)3)37(51)44-31(8-6-15-42-39(40)53)36(50)43-30-11-9-28(4)10-12-30/h9-12,27,29,31,35H,5-8,13-26H2,1-4H3,(H,41,47)(H,43,50)(H,44,51)(H,45,48)(H3,40,42,53)/t29?,31-,35-/m0/s1. The summed E-state index contributed by atoms with van der Waals surface area (Å²) in [5.74, 6) is -2.52. The molecule has 1 fully saturated rings. The molecule has 8 amide bonds. The van der Waals surface area contributed by atoms with Gasteiger partial charge in [0.05, 0.1) is 52.9 Å². The number of anilines is 1. The molecule has 3 atom stereocenters. The maximum absolute atomic E-state index is 13.3. The molecule has 1 aromatic rings. The second-order valence-electron chi connectivity index (χ2n) is 14.0. The monoisotopic (exact) mass is 805 g/mol. The van der Waals surface area contributed by atoms with Gasteiger partial charge in [0, 0.05) is 50.5 Å². The third kappa shape index (κ3) is 20.4. The molecule has 1 aliphatic rings. The zero-order chi connectivity index (χ0) is 42.0. The van der Waals surface area contributed by atoms with Crippen molar-refractivity contribution in [3.8, 4) is 0 Å². The number of nitrogens with one attached hydrogen (secondary N) is 5. The van der Waals surface area contributed by atoms with Crippen molar-refractivity contribution in [3.63, 3.8) is 0 Å². The summed E-state index contributed by atoms with van der Waals surface area (Å²) < 4.78 is 21.9. The zero-order valence-electron chi connectivity index (χ0n) is 33.9. The maximum atomic E-state index is 13.3. The average Bonchev–Trinajstić information content (AvgIpc) is 3.43. The van der Waals surface area contributed by atoms with Crippen LogP contribution in [0.15, 0.2) is 24.3 Å². The molecule has 7 N–H and O–H groups in total. The molecule has 18 heteroatoms. The molecule has 0 aliphatic carbocycles. The van der Waals surface area contributed by atoms with Gasteiger partial charge < -0.3 is 51.3 Å². The third-order valence-electron chi connectivity index (χ3n) is 8.88. The van der Waals surface area contributed by atoms with Crippen LogP contribution in [0, 0.1) is 18.8 Å². The number of likely N-dealkylation sites (tertiary alicyclic amines) is 1. The van der Waals surface area contributed by atoms with E-state index >= 15 is 0 Å². The first-order valence-electron chi connectivity index (χ1n) is 19.7. The van der Waals surface area contributed by atoms with E-state index in [-0.39, 0.29) is 87.5 Å². The predicted octanol–water partition coefficient (Wildman–Crippen LogP) is 1.15. The Morgan fingerprint density at radius 3 is 2.00 bits per heavy atom. The largest absolute Gasteiger partial charge is 0.379 e. The highest BCUT2D eigenvalue weighted by molar-refractivity contribution is 6.03. The van der Waals surface area contributed by atoms with Crippen molar-refractivity contribution in [1.29, 1.82) is 0 Å². The number of hydrogen-bond donors (Lipinski definition) is 6. The Balaban J connectivity index is 1.54. The summed E-state index contributed by atoms with van der Waals surface area (Å²) in [7, 11) is 0. The number of ether oxygens (including phenoxy) is 4. The number of hydrogen-bond acceptors (Lipinski definition) is 11. The summed E-state index contributed by atoms with van der Waals surface area (Å²) in [4.78, 5) is 87.8. The maximum Gasteiger partial charge on any atom is 0.312 e. The van der Waals surface area contributed by atoms with Crippen LogP contribution in [-0.4, -0.2) is 131 Å². The summed E-state index contributed by atoms with van der Waals surface area (Å²) in [6, 6.07) is 4.70. The molecule has 1 unspecified atom stereocenters. The Hall–Kier alpha value is -4.65. The van der Waals surface area contributed by atoms with Gasteiger partial charge in [-0.1, -0.05) is 44.9 Å². The van der Waals surface area contributed by atoms with Crippen molar-refractivity contribution in [2.75, 3.05) is 77.8 Å². The molecular formula is C39H63N7O11. The Labute approximate surface area is 335 Å². The van der Waals surface area contributed by atoms with Gasteiger partial charge in [-0.05, 0) is 44.2 Å². The van der Waals surface area contributed by atoms with Crippen LogP contribution in [0.1, 0.15) is 71.3 Å². The molecule has 2 rings (SSSR count). The average molecular weight is 806 g/mol. The van der Waals surface area contributed by atoms with Crippen molar-refractivity contribution >= 4 is 47.2 Å². The van der Waals surface area contributed by atoms with Gasteiger partial charge in [0.1, 0.15) is 12.1 Å². The van der Waals surface area contributed by atoms with Crippen LogP contribution < -0.4 is 32.3 Å². The molecule has 0 radical (unpaired) electrons. The van der Waals surface area contributed by atoms with Crippen LogP contribution in [-0.2, 0) is 47.7 Å². The Bertz CT molecular complexity index is 1430. The first-order valence-corrected chi connectivity index (χ1v) is 19.7. The fourth-order valence-corrected chi connectivity index (χ4v) is 5.75. The van der Waals surface area contributed by atoms with Crippen molar-refractivity contribution in [2.45, 2.75) is 84.7 Å². The van der Waals surface area contributed by atoms with Gasteiger partial charge in [-0.3, -0.25) is 33.7 Å². The fraction of sp³-hybridized carbons (Fsp3) is 0.667. The molecule has 57 heavy (non-hydrogen) atoms. The number of nitrogens with zero attached hydrogens (tertiary/aromatic N) is 1. The lowest BCUT2D eigenvalue weighted by Gasteiger charge is -2.25. The quantitative estimate of drug-likeness (QED) is 0.0476. The minimum atomic E-state index is -0.930. The van der Waals surface area contributed by atoms with Gasteiger partial charge in [-0.2, -0.15) is 0 Å². The SMILES string of the molecule is CCCC1CC(=O)N(CCC(=O)NCCOCCOCCOCCOCCC(=O)N[C@H](C(=O)N[C@@H](CCCNC(N)=O)C(=O)Nc2ccc(C)cc2)C(C)C)C1=O. The molecule has 0 saturated carbocycles. The molecule has 0 spiro atoms. The number of imide groups is 1. The molecule has 18 nitrogen and oxygen atoms in total. The summed E-state index contributed by atoms with van der Waals surface area (Å²) in [6.07, 6.45) is 2.40. The Morgan fingerprint density at radius 1 is 0.789 bits per heavy atom. The molecule has 320 valence electrons. The number of rotatable bonds is 30. The summed E-state index contributed by atoms with van der Waals surface area (Å²) in [5.41, 5.74) is 6.73. The number of carbonyl (C=O) groups is 7. The first-order chi connectivity index (χ1) is 27.3. The van der Waals surface area contributed by atoms with Crippen LogP contribution in [0.4, 0.5) is 10.5 Å². The van der Waals surface area contributed by atoms with E-state index in [2.05, 4.69) is 26.6 Å². The smallest absolute Gasteiger partial charge is 0.312 e. The van der Waals surface area contributed by atoms with Gasteiger partial charge in [-0.15, -0.1) is 0 Å². The molecule has 1 heterocycles. The van der Waals surface area contributed by atoms with Gasteiger partial charge in [0.2, 0.25) is 35.4 Å². The van der Waals surface area contributed by atoms with Gasteiger partial charge >= 0.3 is 6.03 Å². The first kappa shape index (κ1) is 48.5. The zero-order valence-corrected chi connectivity index (χ0v) is 33.9. The van der Waals surface area contributed by atoms with Crippen LogP contribution in [0.5, 0.6) is 0 Å². The normalized spacial score (nSPS) is 15.0. The van der Waals surface area contributed by atoms with E-state index in [0.717, 1.165) is 12.0 Å². The third-order valence-corrected chi connectivity index (χ3v) is 8.88. The summed E-state index contributed by atoms with van der Waals surface area (Å²) in [6.45, 7) is 10.4. The fourth-order valence-electron chi connectivity index (χ4n) is 5.75. The van der Waals surface area contributed by atoms with E-state index in [1.54, 1.807) is 26.0 Å². The molecule has 1 aliphatic heterocycles. The number of primary amides is 1. The minimum Gasteiger partial charge on any atom is -0.379 e. The highest BCUT2D eigenvalue weighted by Gasteiger charge is 2.37. The van der Waals surface area contributed by atoms with Crippen LogP contribution in [0.3, 0.4) is 0 Å². The van der Waals surface area contributed by atoms with Crippen LogP contribution in [0.2, 0.25) is 0 Å². The predicted molar refractivity (Wildman–Crippen MR) is 211 cm³/mol. The van der Waals surface area contributed by atoms with Crippen molar-refractivity contribution in [2.24, 2.45) is 17.6 Å². The van der Waals surface area contributed by atoms with E-state index < -0.39 is 29.9 Å². The van der Waals surface area contributed by atoms with E-state index in [1.807, 2.05) is 26.0 Å². The van der Waals surface area contributed by atoms with Gasteiger partial charge in [-0.25, -0.2) is 4.79 Å². The molecule has 1 aromatic carbocycles. The lowest BCUT2D eigenvalue weighted by Crippen LogP contribution is -2.54. The van der Waals surface area contributed by atoms with Crippen molar-refractivity contribution in [1.82, 2.24) is 26.2 Å². The number of nitrogens with two attached hydrogens (primary N) is 1. The highest BCUT2D eigenvalue weighted by Crippen LogP contribution is 2.23. The topological polar surface area (TPSA) is 246 Å². The van der Waals surface area contributed by atoms with E-state index in [4.69, 9.17) is 24.7 Å². The van der Waals surface area contributed by atoms with Crippen LogP contribution >= 0.6 is 0 Å². The van der Waals surface area contributed by atoms with E-state index in [1.165, 1.54) is 4.90 Å². The summed E-state index contributed by atoms with van der Waals surface area (Å²) >= 11 is 0. The molecule has 1 saturated heterocycles. The molecule has 0 bridgehead atoms. The second kappa shape index (κ2) is 27.9. The molecular weight excluding hydrogens is 742 g/mol. The Kier molecular flexibility index (Phi) is 23.7. The van der Waals surface area contributed by atoms with Crippen molar-refractivity contribution < 1.29 is 52.5 Å². The minimum absolute atomic E-state index is 0.0134. The second-order valence-corrected chi connectivity index (χ2v) is 14.0. The van der Waals surface area contributed by atoms with Crippen molar-refractivity contribution in [3.05, 3.63) is 29.8 Å². The molecule has 0 aromatic heterocycles. The van der Waals surface area contributed by atoms with Crippen LogP contribution in [0.25, 0.3) is 0 Å². The summed E-state index contributed by atoms with van der Waals surface area (Å²) in [5, 5.41) is 13.5. The number of urea groups is 1. The lowest BCUT2D eigenvalue weighted by atomic mass is 10.0. The highest BCUT2D eigenvalue weighted by atomic mass is 16.6. The number of carbonyl (C=O) groups excluding carboxylic acids is 7. The van der Waals surface area contributed by atoms with E-state index in [0.29, 0.717) is 64.7 Å². The number of benzene rings is 1. The van der Waals surface area contributed by atoms with Gasteiger partial charge in [0.15, 0.2) is 0 Å². The Morgan fingerprint density at radius 2 is 1.40 bits per heavy atom. The number of aryl methyl sites for hydroxylation is 1. The van der Waals surface area contributed by atoms with Gasteiger partial charge in [0.25, 0.3) is 0 Å². The van der Waals surface area contributed by atoms with E-state index in [9.17, 15) is 33.6 Å².